The van der Waals surface area contributed by atoms with E-state index in [1.165, 1.54) is 6.42 Å². The second-order valence-corrected chi connectivity index (χ2v) is 3.88. The van der Waals surface area contributed by atoms with Gasteiger partial charge in [-0.2, -0.15) is 11.8 Å². The second kappa shape index (κ2) is 7.47. The fourth-order valence-electron chi connectivity index (χ4n) is 0.757. The standard InChI is InChI=1S/C9H18O2S/c1-4-6-12-7-8(3)9(10)11-5-2/h8H,4-7H2,1-3H3/t8-/m0/s1. The molecule has 0 rings (SSSR count). The van der Waals surface area contributed by atoms with Gasteiger partial charge in [0.05, 0.1) is 12.5 Å². The van der Waals surface area contributed by atoms with Gasteiger partial charge in [0.1, 0.15) is 0 Å². The summed E-state index contributed by atoms with van der Waals surface area (Å²) < 4.78 is 4.88. The largest absolute Gasteiger partial charge is 0.466 e. The molecule has 0 fully saturated rings. The van der Waals surface area contributed by atoms with Gasteiger partial charge in [0.15, 0.2) is 0 Å². The Labute approximate surface area is 79.1 Å². The minimum Gasteiger partial charge on any atom is -0.466 e. The number of thioether (sulfide) groups is 1. The monoisotopic (exact) mass is 190 g/mol. The zero-order valence-electron chi connectivity index (χ0n) is 8.13. The Morgan fingerprint density at radius 3 is 2.67 bits per heavy atom. The Hall–Kier alpha value is -0.180. The molecule has 0 aliphatic carbocycles. The number of ether oxygens (including phenoxy) is 1. The number of carbonyl (C=O) groups is 1. The number of hydrogen-bond acceptors (Lipinski definition) is 3. The Morgan fingerprint density at radius 2 is 2.17 bits per heavy atom. The molecule has 0 bridgehead atoms. The average molecular weight is 190 g/mol. The van der Waals surface area contributed by atoms with Crippen molar-refractivity contribution in [2.24, 2.45) is 5.92 Å². The third-order valence-corrected chi connectivity index (χ3v) is 2.84. The highest BCUT2D eigenvalue weighted by atomic mass is 32.2. The van der Waals surface area contributed by atoms with Crippen LogP contribution in [0.15, 0.2) is 0 Å². The third-order valence-electron chi connectivity index (χ3n) is 1.41. The summed E-state index contributed by atoms with van der Waals surface area (Å²) in [6, 6.07) is 0. The van der Waals surface area contributed by atoms with Gasteiger partial charge in [-0.25, -0.2) is 0 Å². The van der Waals surface area contributed by atoms with E-state index in [0.717, 1.165) is 11.5 Å². The topological polar surface area (TPSA) is 26.3 Å². The summed E-state index contributed by atoms with van der Waals surface area (Å²) in [4.78, 5) is 11.1. The van der Waals surface area contributed by atoms with Gasteiger partial charge in [-0.3, -0.25) is 4.79 Å². The van der Waals surface area contributed by atoms with Crippen molar-refractivity contribution in [1.82, 2.24) is 0 Å². The molecule has 1 atom stereocenters. The lowest BCUT2D eigenvalue weighted by Crippen LogP contribution is -2.16. The highest BCUT2D eigenvalue weighted by molar-refractivity contribution is 7.99. The lowest BCUT2D eigenvalue weighted by atomic mass is 10.2. The minimum atomic E-state index is -0.0684. The Balaban J connectivity index is 3.42. The second-order valence-electron chi connectivity index (χ2n) is 2.73. The van der Waals surface area contributed by atoms with Gasteiger partial charge >= 0.3 is 5.97 Å². The summed E-state index contributed by atoms with van der Waals surface area (Å²) >= 11 is 1.81. The van der Waals surface area contributed by atoms with Crippen molar-refractivity contribution in [1.29, 1.82) is 0 Å². The van der Waals surface area contributed by atoms with E-state index in [4.69, 9.17) is 4.74 Å². The van der Waals surface area contributed by atoms with Crippen LogP contribution in [0.5, 0.6) is 0 Å². The molecule has 0 aromatic carbocycles. The Morgan fingerprint density at radius 1 is 1.50 bits per heavy atom. The first-order valence-electron chi connectivity index (χ1n) is 4.46. The quantitative estimate of drug-likeness (QED) is 0.475. The van der Waals surface area contributed by atoms with Crippen molar-refractivity contribution in [3.63, 3.8) is 0 Å². The molecule has 72 valence electrons. The zero-order chi connectivity index (χ0) is 9.40. The molecule has 0 amide bonds. The van der Waals surface area contributed by atoms with Crippen LogP contribution in [0.25, 0.3) is 0 Å². The summed E-state index contributed by atoms with van der Waals surface area (Å²) in [7, 11) is 0. The van der Waals surface area contributed by atoms with Gasteiger partial charge in [0.2, 0.25) is 0 Å². The van der Waals surface area contributed by atoms with Gasteiger partial charge in [-0.1, -0.05) is 13.8 Å². The predicted octanol–water partition coefficient (Wildman–Crippen LogP) is 2.33. The number of rotatable bonds is 6. The van der Waals surface area contributed by atoms with Crippen molar-refractivity contribution < 1.29 is 9.53 Å². The SMILES string of the molecule is CCCSC[C@H](C)C(=O)OCC. The number of esters is 1. The van der Waals surface area contributed by atoms with E-state index in [1.807, 2.05) is 25.6 Å². The zero-order valence-corrected chi connectivity index (χ0v) is 8.95. The maximum atomic E-state index is 11.1. The van der Waals surface area contributed by atoms with Crippen LogP contribution in [-0.2, 0) is 9.53 Å². The van der Waals surface area contributed by atoms with Crippen LogP contribution < -0.4 is 0 Å². The molecule has 0 spiro atoms. The van der Waals surface area contributed by atoms with Crippen LogP contribution in [0.1, 0.15) is 27.2 Å². The van der Waals surface area contributed by atoms with Crippen molar-refractivity contribution >= 4 is 17.7 Å². The summed E-state index contributed by atoms with van der Waals surface area (Å²) in [6.45, 7) is 6.38. The predicted molar refractivity (Wildman–Crippen MR) is 53.4 cm³/mol. The van der Waals surface area contributed by atoms with Crippen LogP contribution in [0.2, 0.25) is 0 Å². The molecule has 2 nitrogen and oxygen atoms in total. The van der Waals surface area contributed by atoms with Crippen molar-refractivity contribution in [3.8, 4) is 0 Å². The van der Waals surface area contributed by atoms with E-state index in [1.54, 1.807) is 0 Å². The molecule has 0 saturated heterocycles. The molecule has 0 aromatic heterocycles. The van der Waals surface area contributed by atoms with Crippen molar-refractivity contribution in [2.45, 2.75) is 27.2 Å². The van der Waals surface area contributed by atoms with E-state index in [0.29, 0.717) is 6.61 Å². The average Bonchev–Trinajstić information content (AvgIpc) is 2.05. The van der Waals surface area contributed by atoms with Crippen LogP contribution >= 0.6 is 11.8 Å². The van der Waals surface area contributed by atoms with E-state index in [2.05, 4.69) is 6.92 Å². The molecule has 3 heteroatoms. The van der Waals surface area contributed by atoms with Crippen molar-refractivity contribution in [2.75, 3.05) is 18.1 Å². The van der Waals surface area contributed by atoms with Gasteiger partial charge in [0, 0.05) is 5.75 Å². The molecule has 0 aliphatic heterocycles. The van der Waals surface area contributed by atoms with Gasteiger partial charge in [0.25, 0.3) is 0 Å². The fourth-order valence-corrected chi connectivity index (χ4v) is 1.70. The van der Waals surface area contributed by atoms with E-state index < -0.39 is 0 Å². The van der Waals surface area contributed by atoms with Crippen LogP contribution in [0, 0.1) is 5.92 Å². The first-order chi connectivity index (χ1) is 5.72. The molecule has 0 heterocycles. The maximum absolute atomic E-state index is 11.1. The molecular formula is C9H18O2S. The Kier molecular flexibility index (Phi) is 7.36. The molecular weight excluding hydrogens is 172 g/mol. The summed E-state index contributed by atoms with van der Waals surface area (Å²) in [5.41, 5.74) is 0. The first kappa shape index (κ1) is 11.8. The molecule has 0 unspecified atom stereocenters. The van der Waals surface area contributed by atoms with Crippen molar-refractivity contribution in [3.05, 3.63) is 0 Å². The highest BCUT2D eigenvalue weighted by Crippen LogP contribution is 2.10. The fraction of sp³-hybridized carbons (Fsp3) is 0.889. The molecule has 0 aliphatic rings. The highest BCUT2D eigenvalue weighted by Gasteiger charge is 2.12. The molecule has 0 radical (unpaired) electrons. The lowest BCUT2D eigenvalue weighted by molar-refractivity contribution is -0.146. The van der Waals surface area contributed by atoms with Crippen LogP contribution in [0.4, 0.5) is 0 Å². The van der Waals surface area contributed by atoms with Crippen LogP contribution in [-0.4, -0.2) is 24.1 Å². The van der Waals surface area contributed by atoms with E-state index in [-0.39, 0.29) is 11.9 Å². The number of hydrogen-bond donors (Lipinski definition) is 0. The first-order valence-corrected chi connectivity index (χ1v) is 5.62. The summed E-state index contributed by atoms with van der Waals surface area (Å²) in [5.74, 6) is 1.98. The number of carbonyl (C=O) groups excluding carboxylic acids is 1. The molecule has 12 heavy (non-hydrogen) atoms. The lowest BCUT2D eigenvalue weighted by Gasteiger charge is -2.08. The van der Waals surface area contributed by atoms with E-state index in [9.17, 15) is 4.79 Å². The van der Waals surface area contributed by atoms with Gasteiger partial charge < -0.3 is 4.74 Å². The Bertz CT molecular complexity index is 126. The third kappa shape index (κ3) is 5.47. The van der Waals surface area contributed by atoms with Gasteiger partial charge in [-0.15, -0.1) is 0 Å². The molecule has 0 saturated carbocycles. The molecule has 0 aromatic rings. The minimum absolute atomic E-state index is 0.0431. The summed E-state index contributed by atoms with van der Waals surface area (Å²) in [6.07, 6.45) is 1.17. The van der Waals surface area contributed by atoms with Crippen LogP contribution in [0.3, 0.4) is 0 Å². The summed E-state index contributed by atoms with van der Waals surface area (Å²) in [5, 5.41) is 0. The smallest absolute Gasteiger partial charge is 0.309 e. The van der Waals surface area contributed by atoms with E-state index >= 15 is 0 Å². The van der Waals surface area contributed by atoms with Gasteiger partial charge in [-0.05, 0) is 19.1 Å². The molecule has 0 N–H and O–H groups in total. The normalized spacial score (nSPS) is 12.6. The maximum Gasteiger partial charge on any atom is 0.309 e.